The number of ether oxygens (including phenoxy) is 4. The Balaban J connectivity index is 0. The first-order valence-electron chi connectivity index (χ1n) is 9.71. The molecular weight excluding hydrogens is 420 g/mol. The van der Waals surface area contributed by atoms with Crippen LogP contribution in [0.4, 0.5) is 0 Å². The van der Waals surface area contributed by atoms with Crippen molar-refractivity contribution in [3.63, 3.8) is 0 Å². The van der Waals surface area contributed by atoms with Crippen molar-refractivity contribution in [1.82, 2.24) is 0 Å². The quantitative estimate of drug-likeness (QED) is 0.269. The standard InChI is InChI=1S/C12H18O4.C11H16O5/c1-8(2)11(13)15-7-6-10(5)16-12(14)9(3)4;1-7(2)10(13)15-6-9(5-12)16-11(14)8(3)4/h10H,1,3,6-7H2,2,4-5H3;9,12H,1,3,5-6H2,2,4H3. The van der Waals surface area contributed by atoms with E-state index >= 15 is 0 Å². The largest absolute Gasteiger partial charge is 0.462 e. The van der Waals surface area contributed by atoms with Gasteiger partial charge in [-0.1, -0.05) is 26.3 Å². The van der Waals surface area contributed by atoms with Crippen LogP contribution in [0.3, 0.4) is 0 Å². The summed E-state index contributed by atoms with van der Waals surface area (Å²) in [6.07, 6.45) is -0.729. The van der Waals surface area contributed by atoms with E-state index < -0.39 is 36.6 Å². The fourth-order valence-corrected chi connectivity index (χ4v) is 1.45. The van der Waals surface area contributed by atoms with E-state index in [2.05, 4.69) is 26.3 Å². The Hall–Kier alpha value is -3.20. The Morgan fingerprint density at radius 3 is 1.53 bits per heavy atom. The van der Waals surface area contributed by atoms with E-state index in [1.54, 1.807) is 20.8 Å². The number of aliphatic hydroxyl groups is 1. The van der Waals surface area contributed by atoms with Gasteiger partial charge in [-0.3, -0.25) is 0 Å². The third-order valence-corrected chi connectivity index (χ3v) is 3.34. The molecule has 180 valence electrons. The molecule has 0 aromatic carbocycles. The number of aliphatic hydroxyl groups excluding tert-OH is 1. The van der Waals surface area contributed by atoms with Crippen LogP contribution in [0.15, 0.2) is 48.6 Å². The van der Waals surface area contributed by atoms with Crippen molar-refractivity contribution >= 4 is 23.9 Å². The number of esters is 4. The van der Waals surface area contributed by atoms with Crippen molar-refractivity contribution in [1.29, 1.82) is 0 Å². The smallest absolute Gasteiger partial charge is 0.333 e. The third kappa shape index (κ3) is 15.6. The fourth-order valence-electron chi connectivity index (χ4n) is 1.45. The summed E-state index contributed by atoms with van der Waals surface area (Å²) in [5.74, 6) is -2.09. The van der Waals surface area contributed by atoms with Gasteiger partial charge >= 0.3 is 23.9 Å². The zero-order valence-electron chi connectivity index (χ0n) is 19.5. The summed E-state index contributed by atoms with van der Waals surface area (Å²) in [4.78, 5) is 44.2. The first-order chi connectivity index (χ1) is 14.7. The molecule has 32 heavy (non-hydrogen) atoms. The summed E-state index contributed by atoms with van der Waals surface area (Å²) in [7, 11) is 0. The van der Waals surface area contributed by atoms with Crippen molar-refractivity contribution in [2.75, 3.05) is 19.8 Å². The van der Waals surface area contributed by atoms with Gasteiger partial charge in [-0.15, -0.1) is 0 Å². The summed E-state index contributed by atoms with van der Waals surface area (Å²) < 4.78 is 19.4. The highest BCUT2D eigenvalue weighted by Crippen LogP contribution is 2.04. The molecule has 0 aliphatic heterocycles. The lowest BCUT2D eigenvalue weighted by atomic mass is 10.3. The Kier molecular flexibility index (Phi) is 16.0. The number of hydrogen-bond acceptors (Lipinski definition) is 9. The molecule has 0 saturated heterocycles. The number of hydrogen-bond donors (Lipinski definition) is 1. The molecule has 0 aliphatic rings. The first kappa shape index (κ1) is 31.0. The molecule has 0 aromatic rings. The van der Waals surface area contributed by atoms with E-state index in [0.29, 0.717) is 17.6 Å². The van der Waals surface area contributed by atoms with Crippen molar-refractivity contribution in [3.05, 3.63) is 48.6 Å². The van der Waals surface area contributed by atoms with Crippen molar-refractivity contribution in [2.45, 2.75) is 53.2 Å². The van der Waals surface area contributed by atoms with Gasteiger partial charge in [-0.25, -0.2) is 19.2 Å². The van der Waals surface area contributed by atoms with Crippen LogP contribution < -0.4 is 0 Å². The second-order valence-electron chi connectivity index (χ2n) is 7.07. The van der Waals surface area contributed by atoms with Crippen LogP contribution in [-0.4, -0.2) is 61.0 Å². The van der Waals surface area contributed by atoms with E-state index in [4.69, 9.17) is 24.1 Å². The summed E-state index contributed by atoms with van der Waals surface area (Å²) in [5.41, 5.74) is 1.16. The Bertz CT molecular complexity index is 734. The van der Waals surface area contributed by atoms with Gasteiger partial charge < -0.3 is 24.1 Å². The van der Waals surface area contributed by atoms with E-state index in [1.165, 1.54) is 13.8 Å². The van der Waals surface area contributed by atoms with Gasteiger partial charge in [-0.05, 0) is 34.6 Å². The molecule has 0 aliphatic carbocycles. The monoisotopic (exact) mass is 454 g/mol. The van der Waals surface area contributed by atoms with Gasteiger partial charge in [0, 0.05) is 28.7 Å². The zero-order valence-corrected chi connectivity index (χ0v) is 19.5. The molecule has 1 N–H and O–H groups in total. The highest BCUT2D eigenvalue weighted by molar-refractivity contribution is 5.88. The first-order valence-corrected chi connectivity index (χ1v) is 9.71. The molecule has 9 heteroatoms. The normalized spacial score (nSPS) is 11.4. The summed E-state index contributed by atoms with van der Waals surface area (Å²) >= 11 is 0. The molecule has 0 heterocycles. The minimum Gasteiger partial charge on any atom is -0.462 e. The lowest BCUT2D eigenvalue weighted by Crippen LogP contribution is -2.28. The van der Waals surface area contributed by atoms with Gasteiger partial charge in [0.05, 0.1) is 13.2 Å². The van der Waals surface area contributed by atoms with Gasteiger partial charge in [0.2, 0.25) is 0 Å². The lowest BCUT2D eigenvalue weighted by Gasteiger charge is -2.15. The van der Waals surface area contributed by atoms with Crippen LogP contribution in [0.1, 0.15) is 41.0 Å². The van der Waals surface area contributed by atoms with Crippen LogP contribution in [0.2, 0.25) is 0 Å². The van der Waals surface area contributed by atoms with Crippen molar-refractivity contribution in [2.24, 2.45) is 0 Å². The van der Waals surface area contributed by atoms with Gasteiger partial charge in [0.15, 0.2) is 6.10 Å². The second kappa shape index (κ2) is 16.5. The Labute approximate surface area is 189 Å². The van der Waals surface area contributed by atoms with Crippen LogP contribution in [0, 0.1) is 0 Å². The number of carbonyl (C=O) groups excluding carboxylic acids is 4. The summed E-state index contributed by atoms with van der Waals surface area (Å²) in [6, 6.07) is 0. The third-order valence-electron chi connectivity index (χ3n) is 3.34. The summed E-state index contributed by atoms with van der Waals surface area (Å²) in [5, 5.41) is 8.89. The average molecular weight is 455 g/mol. The molecule has 0 saturated carbocycles. The zero-order chi connectivity index (χ0) is 25.4. The molecule has 9 nitrogen and oxygen atoms in total. The average Bonchev–Trinajstić information content (AvgIpc) is 2.70. The van der Waals surface area contributed by atoms with E-state index in [1.807, 2.05) is 0 Å². The van der Waals surface area contributed by atoms with Crippen LogP contribution >= 0.6 is 0 Å². The minimum absolute atomic E-state index is 0.205. The number of rotatable bonds is 12. The molecule has 0 rings (SSSR count). The highest BCUT2D eigenvalue weighted by atomic mass is 16.6. The van der Waals surface area contributed by atoms with E-state index in [0.717, 1.165) is 0 Å². The van der Waals surface area contributed by atoms with Gasteiger partial charge in [-0.2, -0.15) is 0 Å². The second-order valence-corrected chi connectivity index (χ2v) is 7.07. The van der Waals surface area contributed by atoms with Crippen molar-refractivity contribution in [3.8, 4) is 0 Å². The molecule has 0 bridgehead atoms. The minimum atomic E-state index is -0.882. The van der Waals surface area contributed by atoms with Crippen LogP contribution in [-0.2, 0) is 38.1 Å². The van der Waals surface area contributed by atoms with Crippen molar-refractivity contribution < 1.29 is 43.2 Å². The van der Waals surface area contributed by atoms with E-state index in [9.17, 15) is 19.2 Å². The lowest BCUT2D eigenvalue weighted by molar-refractivity contribution is -0.156. The predicted molar refractivity (Wildman–Crippen MR) is 118 cm³/mol. The molecule has 0 aromatic heterocycles. The molecule has 0 amide bonds. The number of carbonyl (C=O) groups is 4. The highest BCUT2D eigenvalue weighted by Gasteiger charge is 2.16. The van der Waals surface area contributed by atoms with Gasteiger partial charge in [0.1, 0.15) is 12.7 Å². The Morgan fingerprint density at radius 2 is 1.12 bits per heavy atom. The van der Waals surface area contributed by atoms with Gasteiger partial charge in [0.25, 0.3) is 0 Å². The predicted octanol–water partition coefficient (Wildman–Crippen LogP) is 2.59. The maximum Gasteiger partial charge on any atom is 0.333 e. The maximum absolute atomic E-state index is 11.1. The maximum atomic E-state index is 11.1. The molecule has 2 atom stereocenters. The summed E-state index contributed by atoms with van der Waals surface area (Å²) in [6.45, 7) is 21.1. The Morgan fingerprint density at radius 1 is 0.719 bits per heavy atom. The van der Waals surface area contributed by atoms with Crippen LogP contribution in [0.5, 0.6) is 0 Å². The fraction of sp³-hybridized carbons (Fsp3) is 0.478. The topological polar surface area (TPSA) is 125 Å². The SMILES string of the molecule is C=C(C)C(=O)OCC(CO)OC(=O)C(=C)C.C=C(C)C(=O)OCCC(C)OC(=O)C(=C)C. The molecule has 2 unspecified atom stereocenters. The molecular formula is C23H34O9. The van der Waals surface area contributed by atoms with Crippen LogP contribution in [0.25, 0.3) is 0 Å². The van der Waals surface area contributed by atoms with E-state index in [-0.39, 0.29) is 30.5 Å². The molecule has 0 radical (unpaired) electrons. The molecule has 0 spiro atoms. The molecule has 0 fully saturated rings.